The number of carbonyl (C=O) groups is 1. The highest BCUT2D eigenvalue weighted by atomic mass is 79.9. The number of anilines is 2. The van der Waals surface area contributed by atoms with Crippen LogP contribution in [0.5, 0.6) is 11.8 Å². The molecule has 2 rings (SSSR count). The highest BCUT2D eigenvalue weighted by Crippen LogP contribution is 2.33. The molecule has 3 N–H and O–H groups in total. The first-order valence-corrected chi connectivity index (χ1v) is 9.51. The fourth-order valence-electron chi connectivity index (χ4n) is 1.97. The van der Waals surface area contributed by atoms with Crippen molar-refractivity contribution in [2.24, 2.45) is 0 Å². The Morgan fingerprint density at radius 2 is 1.85 bits per heavy atom. The maximum atomic E-state index is 12.3. The van der Waals surface area contributed by atoms with Gasteiger partial charge in [-0.1, -0.05) is 13.8 Å². The van der Waals surface area contributed by atoms with Gasteiger partial charge in [-0.05, 0) is 15.9 Å². The monoisotopic (exact) mass is 444 g/mol. The summed E-state index contributed by atoms with van der Waals surface area (Å²) < 4.78 is 11.2. The van der Waals surface area contributed by atoms with E-state index < -0.39 is 5.91 Å². The largest absolute Gasteiger partial charge is 0.479 e. The van der Waals surface area contributed by atoms with E-state index in [1.165, 1.54) is 25.6 Å². The van der Waals surface area contributed by atoms with Crippen LogP contribution in [0.15, 0.2) is 9.30 Å². The average molecular weight is 445 g/mol. The van der Waals surface area contributed by atoms with Gasteiger partial charge in [-0.2, -0.15) is 9.97 Å². The number of halogens is 1. The van der Waals surface area contributed by atoms with Crippen molar-refractivity contribution >= 4 is 44.8 Å². The summed E-state index contributed by atoms with van der Waals surface area (Å²) in [6, 6.07) is 0.394. The van der Waals surface area contributed by atoms with Crippen molar-refractivity contribution in [3.8, 4) is 11.8 Å². The van der Waals surface area contributed by atoms with Crippen LogP contribution < -0.4 is 25.4 Å². The van der Waals surface area contributed by atoms with Crippen LogP contribution in [-0.4, -0.2) is 54.2 Å². The van der Waals surface area contributed by atoms with E-state index in [4.69, 9.17) is 9.47 Å². The number of nitrogens with one attached hydrogen (secondary N) is 3. The van der Waals surface area contributed by atoms with Gasteiger partial charge in [-0.3, -0.25) is 4.79 Å². The van der Waals surface area contributed by atoms with Crippen molar-refractivity contribution in [2.75, 3.05) is 37.9 Å². The van der Waals surface area contributed by atoms with E-state index >= 15 is 0 Å². The second kappa shape index (κ2) is 9.64. The van der Waals surface area contributed by atoms with Gasteiger partial charge in [0.15, 0.2) is 9.60 Å². The summed E-state index contributed by atoms with van der Waals surface area (Å²) in [4.78, 5) is 25.0. The van der Waals surface area contributed by atoms with Crippen LogP contribution in [0.25, 0.3) is 0 Å². The standard InChI is InChI=1S/C15H21BrN6O3S/c1-8(2)17-5-6-18-15-21-12(24-3)10(13(22-15)25-4)20-11(23)9-7-26-14(16)19-9/h7-8,17H,5-6H2,1-4H3,(H,20,23)(H,18,21,22). The smallest absolute Gasteiger partial charge is 0.275 e. The van der Waals surface area contributed by atoms with Gasteiger partial charge in [0, 0.05) is 24.5 Å². The van der Waals surface area contributed by atoms with E-state index in [0.29, 0.717) is 22.5 Å². The van der Waals surface area contributed by atoms with E-state index in [1.807, 2.05) is 0 Å². The molecule has 2 heterocycles. The Bertz CT molecular complexity index is 730. The zero-order valence-corrected chi connectivity index (χ0v) is 17.3. The molecule has 0 aliphatic rings. The van der Waals surface area contributed by atoms with Gasteiger partial charge in [0.25, 0.3) is 5.91 Å². The zero-order valence-electron chi connectivity index (χ0n) is 14.9. The quantitative estimate of drug-likeness (QED) is 0.505. The summed E-state index contributed by atoms with van der Waals surface area (Å²) in [5.41, 5.74) is 0.517. The van der Waals surface area contributed by atoms with Crippen molar-refractivity contribution in [1.82, 2.24) is 20.3 Å². The molecule has 142 valence electrons. The molecule has 0 saturated carbocycles. The van der Waals surface area contributed by atoms with Crippen molar-refractivity contribution in [3.05, 3.63) is 15.0 Å². The summed E-state index contributed by atoms with van der Waals surface area (Å²) in [5.74, 6) is 0.324. The first-order chi connectivity index (χ1) is 12.4. The lowest BCUT2D eigenvalue weighted by molar-refractivity contribution is 0.102. The van der Waals surface area contributed by atoms with Crippen LogP contribution in [0.2, 0.25) is 0 Å². The molecule has 0 saturated heterocycles. The van der Waals surface area contributed by atoms with Gasteiger partial charge < -0.3 is 25.4 Å². The van der Waals surface area contributed by atoms with Crippen molar-refractivity contribution in [2.45, 2.75) is 19.9 Å². The Morgan fingerprint density at radius 3 is 2.35 bits per heavy atom. The number of thiazole rings is 1. The minimum Gasteiger partial charge on any atom is -0.479 e. The Balaban J connectivity index is 2.16. The molecule has 2 aromatic rings. The van der Waals surface area contributed by atoms with Crippen LogP contribution in [0, 0.1) is 0 Å². The highest BCUT2D eigenvalue weighted by Gasteiger charge is 2.20. The topological polar surface area (TPSA) is 110 Å². The number of amides is 1. The number of hydrogen-bond donors (Lipinski definition) is 3. The third-order valence-electron chi connectivity index (χ3n) is 3.14. The van der Waals surface area contributed by atoms with Crippen LogP contribution in [0.4, 0.5) is 11.6 Å². The van der Waals surface area contributed by atoms with Gasteiger partial charge in [0.2, 0.25) is 17.7 Å². The van der Waals surface area contributed by atoms with E-state index in [0.717, 1.165) is 6.54 Å². The minimum absolute atomic E-state index is 0.193. The van der Waals surface area contributed by atoms with Crippen LogP contribution in [-0.2, 0) is 0 Å². The summed E-state index contributed by atoms with van der Waals surface area (Å²) >= 11 is 4.54. The molecule has 0 fully saturated rings. The number of hydrogen-bond acceptors (Lipinski definition) is 9. The predicted molar refractivity (Wildman–Crippen MR) is 105 cm³/mol. The third-order valence-corrected chi connectivity index (χ3v) is 4.50. The molecule has 0 aliphatic heterocycles. The number of ether oxygens (including phenoxy) is 2. The fourth-order valence-corrected chi connectivity index (χ4v) is 2.96. The number of rotatable bonds is 9. The summed E-state index contributed by atoms with van der Waals surface area (Å²) in [6.07, 6.45) is 0. The molecule has 0 aliphatic carbocycles. The Hall–Kier alpha value is -1.98. The van der Waals surface area contributed by atoms with E-state index in [1.54, 1.807) is 5.38 Å². The van der Waals surface area contributed by atoms with E-state index in [-0.39, 0.29) is 23.1 Å². The van der Waals surface area contributed by atoms with Gasteiger partial charge in [0.1, 0.15) is 5.69 Å². The maximum absolute atomic E-state index is 12.3. The fraction of sp³-hybridized carbons (Fsp3) is 0.467. The van der Waals surface area contributed by atoms with Crippen molar-refractivity contribution in [3.63, 3.8) is 0 Å². The molecule has 0 aromatic carbocycles. The highest BCUT2D eigenvalue weighted by molar-refractivity contribution is 9.11. The maximum Gasteiger partial charge on any atom is 0.275 e. The number of carbonyl (C=O) groups excluding carboxylic acids is 1. The van der Waals surface area contributed by atoms with E-state index in [2.05, 4.69) is 60.7 Å². The van der Waals surface area contributed by atoms with Gasteiger partial charge in [-0.15, -0.1) is 11.3 Å². The molecule has 0 spiro atoms. The van der Waals surface area contributed by atoms with Gasteiger partial charge in [-0.25, -0.2) is 4.98 Å². The lowest BCUT2D eigenvalue weighted by atomic mass is 10.4. The molecule has 9 nitrogen and oxygen atoms in total. The SMILES string of the molecule is COc1nc(NCCNC(C)C)nc(OC)c1NC(=O)c1csc(Br)n1. The van der Waals surface area contributed by atoms with E-state index in [9.17, 15) is 4.79 Å². The summed E-state index contributed by atoms with van der Waals surface area (Å²) in [5, 5.41) is 10.7. The van der Waals surface area contributed by atoms with Crippen molar-refractivity contribution in [1.29, 1.82) is 0 Å². The molecule has 11 heteroatoms. The number of methoxy groups -OCH3 is 2. The first kappa shape index (κ1) is 20.3. The molecule has 0 bridgehead atoms. The summed E-state index contributed by atoms with van der Waals surface area (Å²) in [6.45, 7) is 5.52. The first-order valence-electron chi connectivity index (χ1n) is 7.84. The molecule has 2 aromatic heterocycles. The second-order valence-electron chi connectivity index (χ2n) is 5.42. The molecular formula is C15H21BrN6O3S. The molecule has 0 unspecified atom stereocenters. The molecular weight excluding hydrogens is 424 g/mol. The Kier molecular flexibility index (Phi) is 7.54. The van der Waals surface area contributed by atoms with Gasteiger partial charge >= 0.3 is 0 Å². The minimum atomic E-state index is -0.408. The van der Waals surface area contributed by atoms with Crippen molar-refractivity contribution < 1.29 is 14.3 Å². The second-order valence-corrected chi connectivity index (χ2v) is 7.55. The Labute approximate surface area is 164 Å². The normalized spacial score (nSPS) is 10.7. The zero-order chi connectivity index (χ0) is 19.1. The van der Waals surface area contributed by atoms with Crippen LogP contribution in [0.3, 0.4) is 0 Å². The molecule has 26 heavy (non-hydrogen) atoms. The predicted octanol–water partition coefficient (Wildman–Crippen LogP) is 2.38. The number of nitrogens with zero attached hydrogens (tertiary/aromatic N) is 3. The lowest BCUT2D eigenvalue weighted by Crippen LogP contribution is -2.28. The summed E-state index contributed by atoms with van der Waals surface area (Å²) in [7, 11) is 2.92. The Morgan fingerprint density at radius 1 is 1.19 bits per heavy atom. The molecule has 0 radical (unpaired) electrons. The number of aromatic nitrogens is 3. The third kappa shape index (κ3) is 5.51. The van der Waals surface area contributed by atoms with Crippen LogP contribution in [0.1, 0.15) is 24.3 Å². The average Bonchev–Trinajstić information content (AvgIpc) is 3.05. The van der Waals surface area contributed by atoms with Crippen LogP contribution >= 0.6 is 27.3 Å². The van der Waals surface area contributed by atoms with Gasteiger partial charge in [0.05, 0.1) is 14.2 Å². The lowest BCUT2D eigenvalue weighted by Gasteiger charge is -2.14. The molecule has 0 atom stereocenters. The molecule has 1 amide bonds.